The number of amides is 1. The number of aryl methyl sites for hydroxylation is 1. The van der Waals surface area contributed by atoms with Crippen LogP contribution in [0, 0.1) is 13.8 Å². The van der Waals surface area contributed by atoms with Gasteiger partial charge in [-0.3, -0.25) is 19.0 Å². The van der Waals surface area contributed by atoms with Crippen molar-refractivity contribution in [3.8, 4) is 0 Å². The molecule has 0 spiro atoms. The summed E-state index contributed by atoms with van der Waals surface area (Å²) in [5, 5.41) is 7.10. The molecule has 68 heavy (non-hydrogen) atoms. The van der Waals surface area contributed by atoms with Gasteiger partial charge in [0.25, 0.3) is 5.91 Å². The Morgan fingerprint density at radius 2 is 1.56 bits per heavy atom. The van der Waals surface area contributed by atoms with Gasteiger partial charge < -0.3 is 10.2 Å². The molecule has 2 aliphatic rings. The number of rotatable bonds is 17. The number of nitrogens with zero attached hydrogens (tertiary/aromatic N) is 3. The highest BCUT2D eigenvalue weighted by Gasteiger charge is 2.45. The van der Waals surface area contributed by atoms with Crippen LogP contribution in [0.4, 0.5) is 11.4 Å². The second-order valence-electron chi connectivity index (χ2n) is 19.6. The average molecular weight is 927 g/mol. The highest BCUT2D eigenvalue weighted by molar-refractivity contribution is 6.30. The van der Waals surface area contributed by atoms with Crippen LogP contribution in [-0.4, -0.2) is 52.1 Å². The maximum Gasteiger partial charge on any atom is 0.262 e. The number of likely N-dealkylation sites (N-methyl/N-ethyl adjacent to an activating group) is 1. The number of unbranched alkanes of at least 4 members (excludes halogenated alkanes) is 2. The van der Waals surface area contributed by atoms with Crippen molar-refractivity contribution in [2.75, 3.05) is 24.5 Å². The van der Waals surface area contributed by atoms with Crippen molar-refractivity contribution in [3.05, 3.63) is 177 Å². The molecule has 5 aromatic carbocycles. The molecule has 0 aliphatic carbocycles. The zero-order valence-corrected chi connectivity index (χ0v) is 41.9. The first-order chi connectivity index (χ1) is 32.6. The van der Waals surface area contributed by atoms with Crippen molar-refractivity contribution in [2.45, 2.75) is 111 Å². The van der Waals surface area contributed by atoms with Crippen molar-refractivity contribution in [2.24, 2.45) is 0 Å². The predicted molar refractivity (Wildman–Crippen MR) is 282 cm³/mol. The summed E-state index contributed by atoms with van der Waals surface area (Å²) in [5.41, 5.74) is 12.2. The van der Waals surface area contributed by atoms with Gasteiger partial charge in [0, 0.05) is 88.5 Å². The fourth-order valence-electron chi connectivity index (χ4n) is 10.7. The molecule has 1 N–H and O–H groups in total. The van der Waals surface area contributed by atoms with E-state index in [1.807, 2.05) is 32.0 Å². The molecular weight excluding hydrogens is 860 g/mol. The van der Waals surface area contributed by atoms with E-state index in [4.69, 9.17) is 11.6 Å². The minimum absolute atomic E-state index is 0.131. The summed E-state index contributed by atoms with van der Waals surface area (Å²) in [7, 11) is 0. The third kappa shape index (κ3) is 9.43. The van der Waals surface area contributed by atoms with E-state index in [1.54, 1.807) is 28.8 Å². The minimum Gasteiger partial charge on any atom is -0.356 e. The summed E-state index contributed by atoms with van der Waals surface area (Å²) < 4.78 is 4.24. The summed E-state index contributed by atoms with van der Waals surface area (Å²) in [6.07, 6.45) is 16.0. The van der Waals surface area contributed by atoms with E-state index in [0.717, 1.165) is 52.8 Å². The Labute approximate surface area is 407 Å². The van der Waals surface area contributed by atoms with Gasteiger partial charge in [-0.05, 0) is 130 Å². The second kappa shape index (κ2) is 20.1. The normalized spacial score (nSPS) is 15.7. The monoisotopic (exact) mass is 925 g/mol. The highest BCUT2D eigenvalue weighted by Crippen LogP contribution is 2.48. The smallest absolute Gasteiger partial charge is 0.262 e. The molecule has 0 saturated heterocycles. The van der Waals surface area contributed by atoms with Gasteiger partial charge in [0.05, 0.1) is 17.4 Å². The average Bonchev–Trinajstić information content (AvgIpc) is 3.80. The van der Waals surface area contributed by atoms with E-state index in [2.05, 4.69) is 141 Å². The molecule has 1 amide bonds. The van der Waals surface area contributed by atoms with Crippen LogP contribution in [0.15, 0.2) is 133 Å². The third-order valence-electron chi connectivity index (χ3n) is 14.2. The molecular formula is C60H66ClN4O3+. The van der Waals surface area contributed by atoms with Gasteiger partial charge in [0.1, 0.15) is 12.3 Å². The van der Waals surface area contributed by atoms with Crippen LogP contribution in [0.3, 0.4) is 0 Å². The Morgan fingerprint density at radius 1 is 0.779 bits per heavy atom. The van der Waals surface area contributed by atoms with E-state index in [9.17, 15) is 14.4 Å². The number of allylic oxidation sites excluding steroid dienone is 6. The number of Topliss-reactive ketones (excluding diaryl/α,β-unsaturated/α-hetero) is 1. The Bertz CT molecular complexity index is 3050. The number of aromatic nitrogens is 1. The van der Waals surface area contributed by atoms with Crippen LogP contribution >= 0.6 is 11.6 Å². The van der Waals surface area contributed by atoms with Gasteiger partial charge in [0.15, 0.2) is 5.71 Å². The molecule has 0 unspecified atom stereocenters. The number of nitrogens with one attached hydrogen (secondary N) is 1. The van der Waals surface area contributed by atoms with Crippen LogP contribution in [0.5, 0.6) is 0 Å². The predicted octanol–water partition coefficient (Wildman–Crippen LogP) is 13.4. The number of carbonyl (C=O) groups excluding carboxylic acids is 3. The number of hydrogen-bond acceptors (Lipinski definition) is 4. The van der Waals surface area contributed by atoms with Crippen molar-refractivity contribution < 1.29 is 19.0 Å². The quantitative estimate of drug-likeness (QED) is 0.0562. The Balaban J connectivity index is 0.891. The van der Waals surface area contributed by atoms with Crippen molar-refractivity contribution in [3.63, 3.8) is 0 Å². The van der Waals surface area contributed by atoms with Gasteiger partial charge in [-0.15, -0.1) is 0 Å². The van der Waals surface area contributed by atoms with Crippen LogP contribution in [-0.2, 0) is 33.3 Å². The van der Waals surface area contributed by atoms with Gasteiger partial charge >= 0.3 is 0 Å². The molecule has 8 heteroatoms. The SMILES string of the molecule is CCCCC[N+]1=C(/C=C/C=C/C=C2/N(CC)c3ccc(CC(=O)CCCNC(=O)Cc4c(C)n(C(=O)c5ccc(Cl)cc5)c5ccc(C)cc45)cc3C2(C)C)C(C)(C)c2c1ccc1ccccc21. The van der Waals surface area contributed by atoms with Gasteiger partial charge in [-0.1, -0.05) is 105 Å². The van der Waals surface area contributed by atoms with Crippen LogP contribution < -0.4 is 10.2 Å². The number of benzene rings is 5. The van der Waals surface area contributed by atoms with E-state index < -0.39 is 0 Å². The lowest BCUT2D eigenvalue weighted by atomic mass is 9.79. The molecule has 0 fully saturated rings. The Kier molecular flexibility index (Phi) is 14.2. The zero-order chi connectivity index (χ0) is 48.3. The van der Waals surface area contributed by atoms with Crippen LogP contribution in [0.2, 0.25) is 5.02 Å². The van der Waals surface area contributed by atoms with Crippen LogP contribution in [0.25, 0.3) is 21.7 Å². The van der Waals surface area contributed by atoms with E-state index in [1.165, 1.54) is 57.5 Å². The first-order valence-electron chi connectivity index (χ1n) is 24.5. The molecule has 350 valence electrons. The van der Waals surface area contributed by atoms with Crippen molar-refractivity contribution in [1.29, 1.82) is 0 Å². The molecule has 2 aliphatic heterocycles. The molecule has 0 bridgehead atoms. The molecule has 0 saturated carbocycles. The summed E-state index contributed by atoms with van der Waals surface area (Å²) >= 11 is 6.09. The lowest BCUT2D eigenvalue weighted by Crippen LogP contribution is -2.28. The summed E-state index contributed by atoms with van der Waals surface area (Å²) in [6.45, 7) is 19.9. The van der Waals surface area contributed by atoms with Gasteiger partial charge in [-0.25, -0.2) is 0 Å². The maximum atomic E-state index is 13.7. The molecule has 6 aromatic rings. The van der Waals surface area contributed by atoms with Crippen molar-refractivity contribution >= 4 is 68.0 Å². The molecule has 0 radical (unpaired) electrons. The number of carbonyl (C=O) groups is 3. The van der Waals surface area contributed by atoms with Gasteiger partial charge in [-0.2, -0.15) is 4.58 Å². The lowest BCUT2D eigenvalue weighted by molar-refractivity contribution is -0.438. The fourth-order valence-corrected chi connectivity index (χ4v) is 10.8. The summed E-state index contributed by atoms with van der Waals surface area (Å²) in [5.74, 6) is -0.169. The first-order valence-corrected chi connectivity index (χ1v) is 24.9. The number of hydrogen-bond donors (Lipinski definition) is 1. The standard InChI is InChI=1S/C60H65ClN4O3/c1-9-11-17-35-64-53-33-28-43-19-15-16-21-47(43)57(53)60(7,8)55(64)23-14-12-13-22-54-59(5,6)50-38-42(25-32-52(50)63(54)10-2)37-46(66)20-18-34-62-56(67)39-48-41(4)65(51-31-24-40(3)36-49(48)51)58(68)44-26-29-45(61)30-27-44/h12-16,19,21-33,36,38H,9-11,17-18,20,34-35,37,39H2,1-8H3/p+1. The molecule has 1 aromatic heterocycles. The molecule has 3 heterocycles. The molecule has 0 atom stereocenters. The van der Waals surface area contributed by atoms with Crippen molar-refractivity contribution in [1.82, 2.24) is 9.88 Å². The number of fused-ring (bicyclic) bond motifs is 5. The maximum absolute atomic E-state index is 13.7. The summed E-state index contributed by atoms with van der Waals surface area (Å²) in [4.78, 5) is 42.8. The van der Waals surface area contributed by atoms with Crippen LogP contribution in [0.1, 0.15) is 118 Å². The summed E-state index contributed by atoms with van der Waals surface area (Å²) in [6, 6.07) is 32.6. The molecule has 8 rings (SSSR count). The first kappa shape index (κ1) is 48.2. The zero-order valence-electron chi connectivity index (χ0n) is 41.1. The minimum atomic E-state index is -0.254. The molecule has 7 nitrogen and oxygen atoms in total. The lowest BCUT2D eigenvalue weighted by Gasteiger charge is -2.25. The van der Waals surface area contributed by atoms with E-state index >= 15 is 0 Å². The Morgan fingerprint density at radius 3 is 2.32 bits per heavy atom. The highest BCUT2D eigenvalue weighted by atomic mass is 35.5. The number of ketones is 1. The Hall–Kier alpha value is -6.31. The number of halogens is 1. The fraction of sp³-hybridized carbons (Fsp3) is 0.333. The van der Waals surface area contributed by atoms with Gasteiger partial charge in [0.2, 0.25) is 11.6 Å². The van der Waals surface area contributed by atoms with E-state index in [-0.39, 0.29) is 34.8 Å². The largest absolute Gasteiger partial charge is 0.356 e. The topological polar surface area (TPSA) is 74.4 Å². The third-order valence-corrected chi connectivity index (χ3v) is 14.5. The number of anilines is 1. The van der Waals surface area contributed by atoms with E-state index in [0.29, 0.717) is 36.4 Å². The second-order valence-corrected chi connectivity index (χ2v) is 20.1.